The molecule has 0 heterocycles. The quantitative estimate of drug-likeness (QED) is 0.124. The van der Waals surface area contributed by atoms with Crippen LogP contribution in [0.5, 0.6) is 5.75 Å². The summed E-state index contributed by atoms with van der Waals surface area (Å²) in [7, 11) is 0. The molecule has 0 saturated carbocycles. The molecule has 10 N–H and O–H groups in total. The second-order valence-electron chi connectivity index (χ2n) is 8.40. The van der Waals surface area contributed by atoms with Gasteiger partial charge in [0.25, 0.3) is 0 Å². The molecule has 1 rings (SSSR count). The lowest BCUT2D eigenvalue weighted by atomic mass is 10.0. The van der Waals surface area contributed by atoms with Crippen molar-refractivity contribution < 1.29 is 39.3 Å². The van der Waals surface area contributed by atoms with Crippen LogP contribution in [0, 0.1) is 0 Å². The minimum Gasteiger partial charge on any atom is -0.508 e. The zero-order chi connectivity index (χ0) is 27.3. The first-order chi connectivity index (χ1) is 16.9. The van der Waals surface area contributed by atoms with Gasteiger partial charge in [-0.3, -0.25) is 19.2 Å². The molecule has 0 saturated heterocycles. The van der Waals surface area contributed by atoms with Gasteiger partial charge in [0.1, 0.15) is 23.9 Å². The molecule has 0 fully saturated rings. The molecule has 36 heavy (non-hydrogen) atoms. The number of aliphatic carboxylic acids is 2. The third-order valence-corrected chi connectivity index (χ3v) is 5.26. The third-order valence-electron chi connectivity index (χ3n) is 5.26. The molecule has 0 aliphatic heterocycles. The van der Waals surface area contributed by atoms with Gasteiger partial charge in [-0.25, -0.2) is 4.79 Å². The van der Waals surface area contributed by atoms with Crippen LogP contribution in [0.2, 0.25) is 0 Å². The number of amides is 3. The van der Waals surface area contributed by atoms with Crippen molar-refractivity contribution >= 4 is 29.7 Å². The van der Waals surface area contributed by atoms with Crippen molar-refractivity contribution in [3.8, 4) is 5.75 Å². The van der Waals surface area contributed by atoms with Gasteiger partial charge in [0.2, 0.25) is 17.7 Å². The predicted octanol–water partition coefficient (Wildman–Crippen LogP) is -1.19. The molecule has 0 radical (unpaired) electrons. The van der Waals surface area contributed by atoms with Crippen LogP contribution >= 0.6 is 0 Å². The number of rotatable bonds is 16. The van der Waals surface area contributed by atoms with Crippen molar-refractivity contribution in [3.63, 3.8) is 0 Å². The number of nitrogens with one attached hydrogen (secondary N) is 3. The first-order valence-corrected chi connectivity index (χ1v) is 11.5. The van der Waals surface area contributed by atoms with Crippen molar-refractivity contribution in [2.45, 2.75) is 69.6 Å². The molecule has 200 valence electrons. The molecule has 13 nitrogen and oxygen atoms in total. The highest BCUT2D eigenvalue weighted by Crippen LogP contribution is 2.12. The van der Waals surface area contributed by atoms with E-state index in [1.54, 1.807) is 0 Å². The topological polar surface area (TPSA) is 234 Å². The fraction of sp³-hybridized carbons (Fsp3) is 0.522. The van der Waals surface area contributed by atoms with Gasteiger partial charge in [0.05, 0.1) is 6.04 Å². The van der Waals surface area contributed by atoms with Crippen molar-refractivity contribution in [2.75, 3.05) is 6.54 Å². The van der Waals surface area contributed by atoms with Crippen molar-refractivity contribution in [3.05, 3.63) is 29.8 Å². The summed E-state index contributed by atoms with van der Waals surface area (Å²) in [5.74, 6) is -4.72. The smallest absolute Gasteiger partial charge is 0.326 e. The number of carbonyl (C=O) groups excluding carboxylic acids is 3. The lowest BCUT2D eigenvalue weighted by Gasteiger charge is -2.25. The van der Waals surface area contributed by atoms with Crippen LogP contribution < -0.4 is 27.4 Å². The highest BCUT2D eigenvalue weighted by atomic mass is 16.4. The Morgan fingerprint density at radius 1 is 0.833 bits per heavy atom. The van der Waals surface area contributed by atoms with Gasteiger partial charge in [-0.05, 0) is 56.8 Å². The Labute approximate surface area is 208 Å². The SMILES string of the molecule is CC(N)C(=O)NC(CCC(=O)O)C(=O)NC(CCCCN)C(=O)NC(Cc1ccc(O)cc1)C(=O)O. The largest absolute Gasteiger partial charge is 0.508 e. The number of phenols is 1. The van der Waals surface area contributed by atoms with Gasteiger partial charge in [-0.15, -0.1) is 0 Å². The van der Waals surface area contributed by atoms with E-state index in [-0.39, 0.29) is 25.0 Å². The Bertz CT molecular complexity index is 906. The molecule has 3 amide bonds. The van der Waals surface area contributed by atoms with Gasteiger partial charge in [-0.2, -0.15) is 0 Å². The van der Waals surface area contributed by atoms with Gasteiger partial charge < -0.3 is 42.7 Å². The molecule has 0 aliphatic rings. The summed E-state index contributed by atoms with van der Waals surface area (Å²) >= 11 is 0. The van der Waals surface area contributed by atoms with E-state index >= 15 is 0 Å². The van der Waals surface area contributed by atoms with E-state index in [0.29, 0.717) is 24.9 Å². The summed E-state index contributed by atoms with van der Waals surface area (Å²) in [6, 6.07) is 1.11. The summed E-state index contributed by atoms with van der Waals surface area (Å²) in [5, 5.41) is 35.2. The average Bonchev–Trinajstić information content (AvgIpc) is 2.81. The molecule has 1 aromatic carbocycles. The van der Waals surface area contributed by atoms with Gasteiger partial charge in [-0.1, -0.05) is 12.1 Å². The minimum absolute atomic E-state index is 0.00548. The van der Waals surface area contributed by atoms with Crippen LogP contribution in [-0.2, 0) is 30.4 Å². The standard InChI is InChI=1S/C23H35N5O8/c1-13(25)20(32)26-17(9-10-19(30)31)22(34)27-16(4-2-3-11-24)21(33)28-18(23(35)36)12-14-5-7-15(29)8-6-14/h5-8,13,16-18,29H,2-4,9-12,24-25H2,1H3,(H,26,32)(H,27,34)(H,28,33)(H,30,31)(H,35,36). The first kappa shape index (κ1) is 30.3. The zero-order valence-corrected chi connectivity index (χ0v) is 20.1. The Kier molecular flexibility index (Phi) is 12.9. The number of benzene rings is 1. The number of carboxylic acids is 2. The van der Waals surface area contributed by atoms with E-state index in [0.717, 1.165) is 0 Å². The Morgan fingerprint density at radius 2 is 1.36 bits per heavy atom. The summed E-state index contributed by atoms with van der Waals surface area (Å²) in [6.07, 6.45) is 0.379. The Morgan fingerprint density at radius 3 is 1.86 bits per heavy atom. The fourth-order valence-electron chi connectivity index (χ4n) is 3.21. The van der Waals surface area contributed by atoms with Crippen LogP contribution in [0.1, 0.15) is 44.6 Å². The van der Waals surface area contributed by atoms with Gasteiger partial charge in [0.15, 0.2) is 0 Å². The monoisotopic (exact) mass is 509 g/mol. The maximum absolute atomic E-state index is 13.0. The van der Waals surface area contributed by atoms with E-state index in [4.69, 9.17) is 16.6 Å². The molecular weight excluding hydrogens is 474 g/mol. The normalized spacial score (nSPS) is 14.1. The second-order valence-corrected chi connectivity index (χ2v) is 8.40. The minimum atomic E-state index is -1.32. The zero-order valence-electron chi connectivity index (χ0n) is 20.1. The fourth-order valence-corrected chi connectivity index (χ4v) is 3.21. The summed E-state index contributed by atoms with van der Waals surface area (Å²) < 4.78 is 0. The molecule has 1 aromatic rings. The maximum Gasteiger partial charge on any atom is 0.326 e. The molecule has 0 aromatic heterocycles. The van der Waals surface area contributed by atoms with E-state index in [2.05, 4.69) is 16.0 Å². The number of aromatic hydroxyl groups is 1. The molecule has 0 spiro atoms. The van der Waals surface area contributed by atoms with Crippen LogP contribution in [0.4, 0.5) is 0 Å². The maximum atomic E-state index is 13.0. The number of carboxylic acid groups (broad SMARTS) is 2. The molecule has 13 heteroatoms. The Balaban J connectivity index is 3.01. The molecule has 4 atom stereocenters. The number of hydrogen-bond donors (Lipinski definition) is 8. The first-order valence-electron chi connectivity index (χ1n) is 11.5. The van der Waals surface area contributed by atoms with E-state index < -0.39 is 60.2 Å². The number of nitrogens with two attached hydrogens (primary N) is 2. The highest BCUT2D eigenvalue weighted by Gasteiger charge is 2.30. The Hall–Kier alpha value is -3.71. The number of carbonyl (C=O) groups is 5. The summed E-state index contributed by atoms with van der Waals surface area (Å²) in [5.41, 5.74) is 11.6. The van der Waals surface area contributed by atoms with Crippen LogP contribution in [0.3, 0.4) is 0 Å². The van der Waals surface area contributed by atoms with Gasteiger partial charge >= 0.3 is 11.9 Å². The number of hydrogen-bond acceptors (Lipinski definition) is 8. The molecule has 0 bridgehead atoms. The van der Waals surface area contributed by atoms with E-state index in [1.807, 2.05) is 0 Å². The van der Waals surface area contributed by atoms with Crippen molar-refractivity contribution in [1.82, 2.24) is 16.0 Å². The predicted molar refractivity (Wildman–Crippen MR) is 129 cm³/mol. The average molecular weight is 510 g/mol. The van der Waals surface area contributed by atoms with Gasteiger partial charge in [0, 0.05) is 12.8 Å². The molecular formula is C23H35N5O8. The lowest BCUT2D eigenvalue weighted by molar-refractivity contribution is -0.142. The second kappa shape index (κ2) is 15.3. The number of unbranched alkanes of at least 4 members (excludes halogenated alkanes) is 1. The van der Waals surface area contributed by atoms with Crippen LogP contribution in [-0.4, -0.2) is 75.7 Å². The van der Waals surface area contributed by atoms with E-state index in [1.165, 1.54) is 31.2 Å². The third kappa shape index (κ3) is 11.1. The summed E-state index contributed by atoms with van der Waals surface area (Å²) in [6.45, 7) is 1.73. The number of phenolic OH excluding ortho intramolecular Hbond substituents is 1. The molecule has 4 unspecified atom stereocenters. The van der Waals surface area contributed by atoms with Crippen molar-refractivity contribution in [2.24, 2.45) is 11.5 Å². The van der Waals surface area contributed by atoms with Crippen molar-refractivity contribution in [1.29, 1.82) is 0 Å². The summed E-state index contributed by atoms with van der Waals surface area (Å²) in [4.78, 5) is 60.7. The van der Waals surface area contributed by atoms with E-state index in [9.17, 15) is 34.2 Å². The lowest BCUT2D eigenvalue weighted by Crippen LogP contribution is -2.57. The molecule has 0 aliphatic carbocycles. The van der Waals surface area contributed by atoms with Crippen LogP contribution in [0.25, 0.3) is 0 Å². The highest BCUT2D eigenvalue weighted by molar-refractivity contribution is 5.94. The van der Waals surface area contributed by atoms with Crippen LogP contribution in [0.15, 0.2) is 24.3 Å².